The van der Waals surface area contributed by atoms with E-state index in [0.29, 0.717) is 5.92 Å². The zero-order valence-electron chi connectivity index (χ0n) is 19.0. The molecule has 0 aliphatic carbocycles. The van der Waals surface area contributed by atoms with Gasteiger partial charge in [0.15, 0.2) is 0 Å². The maximum atomic E-state index is 11.0. The molecule has 1 aromatic rings. The van der Waals surface area contributed by atoms with E-state index in [2.05, 4.69) is 33.8 Å². The molecule has 0 N–H and O–H groups in total. The molecule has 1 nitrogen and oxygen atoms in total. The van der Waals surface area contributed by atoms with Crippen molar-refractivity contribution in [2.24, 2.45) is 0 Å². The number of rotatable bonds is 17. The lowest BCUT2D eigenvalue weighted by molar-refractivity contribution is -0.104. The first-order valence-corrected chi connectivity index (χ1v) is 12.7. The normalized spacial score (nSPS) is 11.8. The molecule has 0 radical (unpaired) electrons. The Bertz CT molecular complexity index is 553. The molecule has 0 aromatic carbocycles. The summed E-state index contributed by atoms with van der Waals surface area (Å²) in [5.74, 6) is 0.526. The van der Waals surface area contributed by atoms with Crippen molar-refractivity contribution in [1.82, 2.24) is 0 Å². The van der Waals surface area contributed by atoms with Crippen LogP contribution in [0.5, 0.6) is 0 Å². The summed E-state index contributed by atoms with van der Waals surface area (Å²) in [5, 5.41) is 0. The summed E-state index contributed by atoms with van der Waals surface area (Å²) < 4.78 is 0. The highest BCUT2D eigenvalue weighted by molar-refractivity contribution is 7.12. The molecule has 0 spiro atoms. The molecule has 0 atom stereocenters. The van der Waals surface area contributed by atoms with Gasteiger partial charge < -0.3 is 0 Å². The number of hydrogen-bond donors (Lipinski definition) is 0. The van der Waals surface area contributed by atoms with Crippen LogP contribution in [0.25, 0.3) is 6.08 Å². The zero-order chi connectivity index (χ0) is 20.6. The van der Waals surface area contributed by atoms with Gasteiger partial charge in [0.1, 0.15) is 6.29 Å². The highest BCUT2D eigenvalue weighted by Crippen LogP contribution is 2.37. The fourth-order valence-corrected chi connectivity index (χ4v) is 5.30. The predicted molar refractivity (Wildman–Crippen MR) is 128 cm³/mol. The van der Waals surface area contributed by atoms with Gasteiger partial charge in [-0.2, -0.15) is 0 Å². The van der Waals surface area contributed by atoms with Crippen molar-refractivity contribution in [2.75, 3.05) is 0 Å². The Kier molecular flexibility index (Phi) is 14.3. The quantitative estimate of drug-likeness (QED) is 0.144. The number of thiophene rings is 1. The van der Waals surface area contributed by atoms with E-state index in [1.54, 1.807) is 16.5 Å². The van der Waals surface area contributed by atoms with Crippen LogP contribution < -0.4 is 0 Å². The first kappa shape index (κ1) is 25.1. The third-order valence-electron chi connectivity index (χ3n) is 5.56. The van der Waals surface area contributed by atoms with Crippen molar-refractivity contribution in [2.45, 2.75) is 124 Å². The van der Waals surface area contributed by atoms with Crippen molar-refractivity contribution in [3.8, 4) is 0 Å². The van der Waals surface area contributed by atoms with E-state index >= 15 is 0 Å². The Morgan fingerprint density at radius 2 is 1.32 bits per heavy atom. The molecule has 1 heterocycles. The molecule has 2 heteroatoms. The third-order valence-corrected chi connectivity index (χ3v) is 7.17. The van der Waals surface area contributed by atoms with Gasteiger partial charge in [-0.05, 0) is 48.8 Å². The molecule has 0 aliphatic heterocycles. The highest BCUT2D eigenvalue weighted by atomic mass is 32.1. The number of aldehydes is 1. The summed E-state index contributed by atoms with van der Waals surface area (Å²) in [5.41, 5.74) is 2.91. The van der Waals surface area contributed by atoms with Crippen LogP contribution in [0, 0.1) is 0 Å². The maximum absolute atomic E-state index is 11.0. The Hall–Kier alpha value is -0.890. The van der Waals surface area contributed by atoms with Crippen molar-refractivity contribution < 1.29 is 4.79 Å². The summed E-state index contributed by atoms with van der Waals surface area (Å²) in [6.45, 7) is 9.13. The molecule has 0 unspecified atom stereocenters. The van der Waals surface area contributed by atoms with Gasteiger partial charge in [0, 0.05) is 9.75 Å². The Balaban J connectivity index is 2.79. The molecule has 1 rings (SSSR count). The largest absolute Gasteiger partial charge is 0.299 e. The number of allylic oxidation sites excluding steroid dienone is 1. The average Bonchev–Trinajstić information content (AvgIpc) is 3.03. The number of unbranched alkanes of at least 4 members (excludes halogenated alkanes) is 10. The van der Waals surface area contributed by atoms with Crippen molar-refractivity contribution in [3.63, 3.8) is 0 Å². The Morgan fingerprint density at radius 3 is 1.86 bits per heavy atom. The Labute approximate surface area is 179 Å². The lowest BCUT2D eigenvalue weighted by Gasteiger charge is -2.08. The lowest BCUT2D eigenvalue weighted by atomic mass is 9.96. The highest BCUT2D eigenvalue weighted by Gasteiger charge is 2.18. The standard InChI is InChI=1S/C26H44OS/c1-5-7-9-11-13-15-18-23-24(19-17-21-27)26(22(3)4)28-25(23)20-16-14-12-10-8-6-2/h17,19,21-22H,5-16,18,20H2,1-4H3/b19-17+. The molecule has 28 heavy (non-hydrogen) atoms. The van der Waals surface area contributed by atoms with Crippen molar-refractivity contribution in [3.05, 3.63) is 27.0 Å². The average molecular weight is 405 g/mol. The van der Waals surface area contributed by atoms with Gasteiger partial charge in [0.05, 0.1) is 0 Å². The molecular weight excluding hydrogens is 360 g/mol. The fraction of sp³-hybridized carbons (Fsp3) is 0.731. The minimum Gasteiger partial charge on any atom is -0.299 e. The minimum atomic E-state index is 0.526. The number of hydrogen-bond acceptors (Lipinski definition) is 2. The first-order valence-electron chi connectivity index (χ1n) is 11.9. The Morgan fingerprint density at radius 1 is 0.786 bits per heavy atom. The maximum Gasteiger partial charge on any atom is 0.142 e. The fourth-order valence-electron chi connectivity index (χ4n) is 3.92. The first-order chi connectivity index (χ1) is 13.7. The van der Waals surface area contributed by atoms with Crippen LogP contribution in [0.15, 0.2) is 6.08 Å². The summed E-state index contributed by atoms with van der Waals surface area (Å²) in [7, 11) is 0. The van der Waals surface area contributed by atoms with E-state index < -0.39 is 0 Å². The van der Waals surface area contributed by atoms with Crippen LogP contribution in [0.2, 0.25) is 0 Å². The molecule has 0 aliphatic rings. The van der Waals surface area contributed by atoms with E-state index in [-0.39, 0.29) is 0 Å². The van der Waals surface area contributed by atoms with Crippen LogP contribution in [0.3, 0.4) is 0 Å². The molecule has 0 bridgehead atoms. The zero-order valence-corrected chi connectivity index (χ0v) is 19.8. The van der Waals surface area contributed by atoms with Crippen molar-refractivity contribution >= 4 is 23.7 Å². The summed E-state index contributed by atoms with van der Waals surface area (Å²) >= 11 is 2.02. The monoisotopic (exact) mass is 404 g/mol. The van der Waals surface area contributed by atoms with Crippen LogP contribution in [0.1, 0.15) is 132 Å². The summed E-state index contributed by atoms with van der Waals surface area (Å²) in [6, 6.07) is 0. The van der Waals surface area contributed by atoms with Gasteiger partial charge in [-0.15, -0.1) is 11.3 Å². The van der Waals surface area contributed by atoms with Gasteiger partial charge in [-0.1, -0.05) is 98.0 Å². The predicted octanol–water partition coefficient (Wildman–Crippen LogP) is 8.89. The van der Waals surface area contributed by atoms with Crippen molar-refractivity contribution in [1.29, 1.82) is 0 Å². The number of aryl methyl sites for hydroxylation is 1. The van der Waals surface area contributed by atoms with Gasteiger partial charge >= 0.3 is 0 Å². The summed E-state index contributed by atoms with van der Waals surface area (Å²) in [6.07, 6.45) is 23.2. The number of carbonyl (C=O) groups is 1. The van der Waals surface area contributed by atoms with E-state index in [1.165, 1.54) is 100 Å². The van der Waals surface area contributed by atoms with E-state index in [4.69, 9.17) is 0 Å². The third kappa shape index (κ3) is 9.54. The van der Waals surface area contributed by atoms with Gasteiger partial charge in [-0.3, -0.25) is 4.79 Å². The molecule has 160 valence electrons. The van der Waals surface area contributed by atoms with Gasteiger partial charge in [-0.25, -0.2) is 0 Å². The topological polar surface area (TPSA) is 17.1 Å². The SMILES string of the molecule is CCCCCCCCc1sc(C(C)C)c(/C=C/C=O)c1CCCCCCCC. The van der Waals surface area contributed by atoms with Crippen LogP contribution >= 0.6 is 11.3 Å². The molecule has 0 saturated carbocycles. The van der Waals surface area contributed by atoms with Gasteiger partial charge in [0.2, 0.25) is 0 Å². The molecular formula is C26H44OS. The van der Waals surface area contributed by atoms with E-state index in [9.17, 15) is 4.79 Å². The summed E-state index contributed by atoms with van der Waals surface area (Å²) in [4.78, 5) is 14.0. The number of carbonyl (C=O) groups excluding carboxylic acids is 1. The van der Waals surface area contributed by atoms with E-state index in [1.807, 2.05) is 11.3 Å². The molecule has 0 fully saturated rings. The second kappa shape index (κ2) is 16.0. The molecule has 0 amide bonds. The lowest BCUT2D eigenvalue weighted by Crippen LogP contribution is -1.95. The van der Waals surface area contributed by atoms with Crippen LogP contribution in [0.4, 0.5) is 0 Å². The van der Waals surface area contributed by atoms with Gasteiger partial charge in [0.25, 0.3) is 0 Å². The van der Waals surface area contributed by atoms with Crippen LogP contribution in [-0.2, 0) is 17.6 Å². The minimum absolute atomic E-state index is 0.526. The smallest absolute Gasteiger partial charge is 0.142 e. The molecule has 0 saturated heterocycles. The van der Waals surface area contributed by atoms with E-state index in [0.717, 1.165) is 6.29 Å². The second-order valence-corrected chi connectivity index (χ2v) is 9.60. The molecule has 1 aromatic heterocycles. The van der Waals surface area contributed by atoms with Crippen LogP contribution in [-0.4, -0.2) is 6.29 Å². The second-order valence-electron chi connectivity index (χ2n) is 8.47.